The second-order valence-corrected chi connectivity index (χ2v) is 9.21. The van der Waals surface area contributed by atoms with Gasteiger partial charge in [-0.2, -0.15) is 4.31 Å². The summed E-state index contributed by atoms with van der Waals surface area (Å²) in [7, 11) is -2.29. The lowest BCUT2D eigenvalue weighted by Crippen LogP contribution is -2.39. The lowest BCUT2D eigenvalue weighted by Gasteiger charge is -2.19. The molecule has 1 N–H and O–H groups in total. The molecular formula is C15H16Cl2N2O3S2. The Labute approximate surface area is 155 Å². The number of halogens is 2. The maximum atomic E-state index is 12.3. The molecule has 2 aromatic rings. The lowest BCUT2D eigenvalue weighted by molar-refractivity contribution is -0.121. The first kappa shape index (κ1) is 19.2. The van der Waals surface area contributed by atoms with E-state index in [9.17, 15) is 13.2 Å². The first-order valence-electron chi connectivity index (χ1n) is 6.96. The maximum Gasteiger partial charge on any atom is 0.252 e. The van der Waals surface area contributed by atoms with Crippen LogP contribution in [0.3, 0.4) is 0 Å². The van der Waals surface area contributed by atoms with E-state index in [1.807, 2.05) is 0 Å². The van der Waals surface area contributed by atoms with E-state index in [1.165, 1.54) is 13.1 Å². The monoisotopic (exact) mass is 406 g/mol. The van der Waals surface area contributed by atoms with Gasteiger partial charge in [0.15, 0.2) is 0 Å². The lowest BCUT2D eigenvalue weighted by atomic mass is 10.1. The summed E-state index contributed by atoms with van der Waals surface area (Å²) in [4.78, 5) is 12.1. The number of carbonyl (C=O) groups is 1. The molecule has 1 aromatic carbocycles. The Morgan fingerprint density at radius 1 is 1.33 bits per heavy atom. The van der Waals surface area contributed by atoms with Gasteiger partial charge in [-0.05, 0) is 36.1 Å². The minimum absolute atomic E-state index is 0.201. The fourth-order valence-corrected chi connectivity index (χ4v) is 4.97. The predicted octanol–water partition coefficient (Wildman–Crippen LogP) is 3.55. The van der Waals surface area contributed by atoms with Crippen LogP contribution in [0.4, 0.5) is 0 Å². The van der Waals surface area contributed by atoms with E-state index in [0.29, 0.717) is 15.6 Å². The molecular weight excluding hydrogens is 391 g/mol. The minimum Gasteiger partial charge on any atom is -0.348 e. The summed E-state index contributed by atoms with van der Waals surface area (Å²) >= 11 is 13.1. The summed E-state index contributed by atoms with van der Waals surface area (Å²) < 4.78 is 25.8. The van der Waals surface area contributed by atoms with Crippen LogP contribution in [0.2, 0.25) is 10.0 Å². The standard InChI is InChI=1S/C15H16Cl2N2O3S2/c1-10(12-6-5-11(16)8-13(12)17)18-14(20)9-19(2)24(21,22)15-4-3-7-23-15/h3-8,10H,9H2,1-2H3,(H,18,20). The van der Waals surface area contributed by atoms with E-state index >= 15 is 0 Å². The van der Waals surface area contributed by atoms with Crippen molar-refractivity contribution < 1.29 is 13.2 Å². The Morgan fingerprint density at radius 2 is 2.04 bits per heavy atom. The average molecular weight is 407 g/mol. The molecule has 9 heteroatoms. The summed E-state index contributed by atoms with van der Waals surface area (Å²) in [6.07, 6.45) is 0. The number of hydrogen-bond donors (Lipinski definition) is 1. The molecule has 0 saturated heterocycles. The molecule has 0 aliphatic rings. The fraction of sp³-hybridized carbons (Fsp3) is 0.267. The highest BCUT2D eigenvalue weighted by molar-refractivity contribution is 7.91. The molecule has 130 valence electrons. The van der Waals surface area contributed by atoms with Crippen molar-refractivity contribution in [1.29, 1.82) is 0 Å². The van der Waals surface area contributed by atoms with Crippen LogP contribution in [0.15, 0.2) is 39.9 Å². The molecule has 0 aliphatic heterocycles. The van der Waals surface area contributed by atoms with Crippen molar-refractivity contribution in [1.82, 2.24) is 9.62 Å². The molecule has 24 heavy (non-hydrogen) atoms. The third-order valence-electron chi connectivity index (χ3n) is 3.33. The molecule has 1 atom stereocenters. The van der Waals surface area contributed by atoms with Crippen LogP contribution in [0, 0.1) is 0 Å². The smallest absolute Gasteiger partial charge is 0.252 e. The van der Waals surface area contributed by atoms with Crippen LogP contribution in [0.1, 0.15) is 18.5 Å². The van der Waals surface area contributed by atoms with Crippen LogP contribution < -0.4 is 5.32 Å². The maximum absolute atomic E-state index is 12.3. The number of amides is 1. The van der Waals surface area contributed by atoms with Gasteiger partial charge in [-0.1, -0.05) is 35.3 Å². The van der Waals surface area contributed by atoms with Crippen molar-refractivity contribution in [3.05, 3.63) is 51.3 Å². The van der Waals surface area contributed by atoms with Crippen LogP contribution in [-0.4, -0.2) is 32.2 Å². The number of benzene rings is 1. The normalized spacial score (nSPS) is 13.0. The summed E-state index contributed by atoms with van der Waals surface area (Å²) in [6.45, 7) is 1.48. The van der Waals surface area contributed by atoms with Gasteiger partial charge in [-0.25, -0.2) is 8.42 Å². The van der Waals surface area contributed by atoms with Crippen LogP contribution in [-0.2, 0) is 14.8 Å². The first-order valence-corrected chi connectivity index (χ1v) is 10.0. The number of hydrogen-bond acceptors (Lipinski definition) is 4. The quantitative estimate of drug-likeness (QED) is 0.797. The molecule has 5 nitrogen and oxygen atoms in total. The third-order valence-corrected chi connectivity index (χ3v) is 7.07. The zero-order valence-electron chi connectivity index (χ0n) is 13.0. The molecule has 0 fully saturated rings. The molecule has 1 heterocycles. The zero-order chi connectivity index (χ0) is 17.9. The van der Waals surface area contributed by atoms with Crippen molar-refractivity contribution in [2.24, 2.45) is 0 Å². The number of likely N-dealkylation sites (N-methyl/N-ethyl adjacent to an activating group) is 1. The molecule has 0 radical (unpaired) electrons. The van der Waals surface area contributed by atoms with Gasteiger partial charge in [0.2, 0.25) is 5.91 Å². The van der Waals surface area contributed by atoms with Gasteiger partial charge < -0.3 is 5.32 Å². The Bertz CT molecular complexity index is 823. The minimum atomic E-state index is -3.66. The number of rotatable bonds is 6. The average Bonchev–Trinajstić information content (AvgIpc) is 3.01. The molecule has 1 aromatic heterocycles. The van der Waals surface area contributed by atoms with Crippen molar-refractivity contribution in [2.75, 3.05) is 13.6 Å². The van der Waals surface area contributed by atoms with Gasteiger partial charge in [0.05, 0.1) is 12.6 Å². The molecule has 1 unspecified atom stereocenters. The van der Waals surface area contributed by atoms with E-state index in [-0.39, 0.29) is 16.8 Å². The first-order chi connectivity index (χ1) is 11.2. The molecule has 1 amide bonds. The zero-order valence-corrected chi connectivity index (χ0v) is 16.1. The van der Waals surface area contributed by atoms with Gasteiger partial charge in [-0.3, -0.25) is 4.79 Å². The fourth-order valence-electron chi connectivity index (χ4n) is 2.07. The number of thiophene rings is 1. The summed E-state index contributed by atoms with van der Waals surface area (Å²) in [5.41, 5.74) is 0.707. The highest BCUT2D eigenvalue weighted by Gasteiger charge is 2.24. The number of sulfonamides is 1. The Balaban J connectivity index is 2.02. The van der Waals surface area contributed by atoms with Gasteiger partial charge in [0, 0.05) is 17.1 Å². The topological polar surface area (TPSA) is 66.5 Å². The van der Waals surface area contributed by atoms with Crippen molar-refractivity contribution >= 4 is 50.5 Å². The second kappa shape index (κ2) is 7.84. The van der Waals surface area contributed by atoms with Crippen molar-refractivity contribution in [2.45, 2.75) is 17.2 Å². The summed E-state index contributed by atoms with van der Waals surface area (Å²) in [6, 6.07) is 7.77. The van der Waals surface area contributed by atoms with Gasteiger partial charge in [0.25, 0.3) is 10.0 Å². The van der Waals surface area contributed by atoms with Gasteiger partial charge >= 0.3 is 0 Å². The third kappa shape index (κ3) is 4.49. The number of nitrogens with zero attached hydrogens (tertiary/aromatic N) is 1. The molecule has 0 spiro atoms. The van der Waals surface area contributed by atoms with Gasteiger partial charge in [-0.15, -0.1) is 11.3 Å². The summed E-state index contributed by atoms with van der Waals surface area (Å²) in [5.74, 6) is -0.420. The Hall–Kier alpha value is -1.12. The molecule has 0 saturated carbocycles. The predicted molar refractivity (Wildman–Crippen MR) is 97.2 cm³/mol. The van der Waals surface area contributed by atoms with Crippen LogP contribution in [0.25, 0.3) is 0 Å². The second-order valence-electron chi connectivity index (χ2n) is 5.15. The Kier molecular flexibility index (Phi) is 6.28. The van der Waals surface area contributed by atoms with E-state index in [2.05, 4.69) is 5.32 Å². The van der Waals surface area contributed by atoms with Gasteiger partial charge in [0.1, 0.15) is 4.21 Å². The van der Waals surface area contributed by atoms with E-state index < -0.39 is 15.9 Å². The van der Waals surface area contributed by atoms with Crippen molar-refractivity contribution in [3.8, 4) is 0 Å². The molecule has 2 rings (SSSR count). The van der Waals surface area contributed by atoms with E-state index in [1.54, 1.807) is 36.6 Å². The largest absolute Gasteiger partial charge is 0.348 e. The van der Waals surface area contributed by atoms with Crippen LogP contribution in [0.5, 0.6) is 0 Å². The van der Waals surface area contributed by atoms with Crippen LogP contribution >= 0.6 is 34.5 Å². The number of carbonyl (C=O) groups excluding carboxylic acids is 1. The SMILES string of the molecule is CC(NC(=O)CN(C)S(=O)(=O)c1cccs1)c1ccc(Cl)cc1Cl. The Morgan fingerprint density at radius 3 is 2.62 bits per heavy atom. The molecule has 0 aliphatic carbocycles. The highest BCUT2D eigenvalue weighted by atomic mass is 35.5. The van der Waals surface area contributed by atoms with E-state index in [0.717, 1.165) is 15.6 Å². The highest BCUT2D eigenvalue weighted by Crippen LogP contribution is 2.26. The van der Waals surface area contributed by atoms with E-state index in [4.69, 9.17) is 23.2 Å². The molecule has 0 bridgehead atoms. The summed E-state index contributed by atoms with van der Waals surface area (Å²) in [5, 5.41) is 5.35. The van der Waals surface area contributed by atoms with Crippen molar-refractivity contribution in [3.63, 3.8) is 0 Å². The number of nitrogens with one attached hydrogen (secondary N) is 1.